The highest BCUT2D eigenvalue weighted by molar-refractivity contribution is 5.69. The van der Waals surface area contributed by atoms with Gasteiger partial charge in [0, 0.05) is 11.6 Å². The molecule has 0 spiro atoms. The van der Waals surface area contributed by atoms with E-state index < -0.39 is 11.6 Å². The Labute approximate surface area is 104 Å². The normalized spacial score (nSPS) is 14.3. The van der Waals surface area contributed by atoms with Gasteiger partial charge in [0.2, 0.25) is 0 Å². The van der Waals surface area contributed by atoms with Crippen LogP contribution in [0, 0.1) is 11.6 Å². The maximum Gasteiger partial charge on any atom is 0.133 e. The van der Waals surface area contributed by atoms with Gasteiger partial charge in [0.15, 0.2) is 0 Å². The summed E-state index contributed by atoms with van der Waals surface area (Å²) in [6, 6.07) is 9.45. The lowest BCUT2D eigenvalue weighted by atomic mass is 9.92. The molecule has 0 aliphatic carbocycles. The van der Waals surface area contributed by atoms with Gasteiger partial charge in [0.05, 0.1) is 13.2 Å². The average molecular weight is 246 g/mol. The predicted octanol–water partition coefficient (Wildman–Crippen LogP) is 3.70. The summed E-state index contributed by atoms with van der Waals surface area (Å²) in [5, 5.41) is 0. The molecule has 0 saturated carbocycles. The summed E-state index contributed by atoms with van der Waals surface area (Å²) in [6.45, 7) is 1.21. The lowest BCUT2D eigenvalue weighted by Gasteiger charge is -2.20. The first-order chi connectivity index (χ1) is 8.75. The average Bonchev–Trinajstić information content (AvgIpc) is 2.38. The Kier molecular flexibility index (Phi) is 2.84. The van der Waals surface area contributed by atoms with Crippen molar-refractivity contribution < 1.29 is 13.5 Å². The van der Waals surface area contributed by atoms with Crippen LogP contribution in [0.4, 0.5) is 8.78 Å². The smallest absolute Gasteiger partial charge is 0.133 e. The van der Waals surface area contributed by atoms with Crippen molar-refractivity contribution in [3.63, 3.8) is 0 Å². The number of hydrogen-bond acceptors (Lipinski definition) is 1. The fourth-order valence-corrected chi connectivity index (χ4v) is 2.38. The molecule has 0 amide bonds. The number of rotatable bonds is 1. The van der Waals surface area contributed by atoms with Crippen LogP contribution in [-0.2, 0) is 17.8 Å². The fraction of sp³-hybridized carbons (Fsp3) is 0.200. The monoisotopic (exact) mass is 246 g/mol. The lowest BCUT2D eigenvalue weighted by Crippen LogP contribution is -2.11. The van der Waals surface area contributed by atoms with E-state index >= 15 is 0 Å². The van der Waals surface area contributed by atoms with Crippen LogP contribution in [0.25, 0.3) is 11.1 Å². The Morgan fingerprint density at radius 2 is 1.89 bits per heavy atom. The van der Waals surface area contributed by atoms with Crippen molar-refractivity contribution in [2.24, 2.45) is 0 Å². The van der Waals surface area contributed by atoms with Gasteiger partial charge >= 0.3 is 0 Å². The van der Waals surface area contributed by atoms with E-state index in [1.165, 1.54) is 12.1 Å². The van der Waals surface area contributed by atoms with Crippen LogP contribution in [0.1, 0.15) is 11.1 Å². The minimum Gasteiger partial charge on any atom is -0.376 e. The molecule has 92 valence electrons. The zero-order chi connectivity index (χ0) is 12.5. The number of benzene rings is 2. The fourth-order valence-electron chi connectivity index (χ4n) is 2.38. The molecular weight excluding hydrogens is 234 g/mol. The van der Waals surface area contributed by atoms with Gasteiger partial charge in [-0.25, -0.2) is 8.78 Å². The third kappa shape index (κ3) is 1.91. The molecule has 18 heavy (non-hydrogen) atoms. The molecule has 1 aliphatic rings. The van der Waals surface area contributed by atoms with Gasteiger partial charge in [-0.3, -0.25) is 0 Å². The molecule has 1 aliphatic heterocycles. The highest BCUT2D eigenvalue weighted by Crippen LogP contribution is 2.31. The summed E-state index contributed by atoms with van der Waals surface area (Å²) in [6.07, 6.45) is 0.766. The third-order valence-electron chi connectivity index (χ3n) is 3.25. The molecule has 1 nitrogen and oxygen atoms in total. The van der Waals surface area contributed by atoms with E-state index in [1.807, 2.05) is 18.2 Å². The van der Waals surface area contributed by atoms with Gasteiger partial charge in [-0.05, 0) is 35.2 Å². The van der Waals surface area contributed by atoms with Crippen LogP contribution < -0.4 is 0 Å². The number of hydrogen-bond donors (Lipinski definition) is 0. The van der Waals surface area contributed by atoms with Crippen molar-refractivity contribution in [1.29, 1.82) is 0 Å². The molecule has 1 heterocycles. The van der Waals surface area contributed by atoms with E-state index in [9.17, 15) is 8.78 Å². The van der Waals surface area contributed by atoms with Crippen molar-refractivity contribution >= 4 is 0 Å². The van der Waals surface area contributed by atoms with E-state index in [2.05, 4.69) is 0 Å². The first-order valence-corrected chi connectivity index (χ1v) is 5.89. The lowest BCUT2D eigenvalue weighted by molar-refractivity contribution is 0.111. The molecule has 2 aromatic carbocycles. The number of ether oxygens (including phenoxy) is 1. The molecule has 0 radical (unpaired) electrons. The Hall–Kier alpha value is -1.74. The number of halogens is 2. The zero-order valence-corrected chi connectivity index (χ0v) is 9.75. The second-order valence-corrected chi connectivity index (χ2v) is 4.37. The Morgan fingerprint density at radius 3 is 2.72 bits per heavy atom. The molecule has 3 rings (SSSR count). The first-order valence-electron chi connectivity index (χ1n) is 5.89. The van der Waals surface area contributed by atoms with E-state index in [0.29, 0.717) is 18.8 Å². The van der Waals surface area contributed by atoms with Crippen molar-refractivity contribution in [2.75, 3.05) is 6.61 Å². The highest BCUT2D eigenvalue weighted by atomic mass is 19.1. The maximum absolute atomic E-state index is 13.8. The molecule has 0 atom stereocenters. The Morgan fingerprint density at radius 1 is 1.00 bits per heavy atom. The van der Waals surface area contributed by atoms with Crippen LogP contribution in [0.5, 0.6) is 0 Å². The maximum atomic E-state index is 13.8. The van der Waals surface area contributed by atoms with Gasteiger partial charge in [-0.15, -0.1) is 0 Å². The SMILES string of the molecule is Fc1ccc(-c2cccc3c2CCOC3)c(F)c1. The van der Waals surface area contributed by atoms with E-state index in [1.54, 1.807) is 0 Å². The van der Waals surface area contributed by atoms with Crippen molar-refractivity contribution in [2.45, 2.75) is 13.0 Å². The first kappa shape index (κ1) is 11.4. The van der Waals surface area contributed by atoms with Crippen LogP contribution >= 0.6 is 0 Å². The van der Waals surface area contributed by atoms with Crippen LogP contribution in [0.2, 0.25) is 0 Å². The standard InChI is InChI=1S/C15H12F2O/c16-11-4-5-14(15(17)8-11)13-3-1-2-10-9-18-7-6-12(10)13/h1-5,8H,6-7,9H2. The second-order valence-electron chi connectivity index (χ2n) is 4.37. The van der Waals surface area contributed by atoms with Crippen LogP contribution in [0.15, 0.2) is 36.4 Å². The van der Waals surface area contributed by atoms with Gasteiger partial charge in [-0.2, -0.15) is 0 Å². The topological polar surface area (TPSA) is 9.23 Å². The molecule has 0 bridgehead atoms. The van der Waals surface area contributed by atoms with Gasteiger partial charge in [-0.1, -0.05) is 18.2 Å². The molecule has 0 aromatic heterocycles. The molecular formula is C15H12F2O. The molecule has 3 heteroatoms. The van der Waals surface area contributed by atoms with Crippen LogP contribution in [0.3, 0.4) is 0 Å². The molecule has 0 fully saturated rings. The highest BCUT2D eigenvalue weighted by Gasteiger charge is 2.16. The minimum atomic E-state index is -0.551. The molecule has 0 N–H and O–H groups in total. The summed E-state index contributed by atoms with van der Waals surface area (Å²) >= 11 is 0. The largest absolute Gasteiger partial charge is 0.376 e. The summed E-state index contributed by atoms with van der Waals surface area (Å²) < 4.78 is 32.2. The molecule has 0 saturated heterocycles. The van der Waals surface area contributed by atoms with Crippen molar-refractivity contribution in [3.8, 4) is 11.1 Å². The quantitative estimate of drug-likeness (QED) is 0.745. The Balaban J connectivity index is 2.17. The van der Waals surface area contributed by atoms with Gasteiger partial charge in [0.1, 0.15) is 11.6 Å². The third-order valence-corrected chi connectivity index (χ3v) is 3.25. The van der Waals surface area contributed by atoms with Crippen molar-refractivity contribution in [3.05, 3.63) is 59.2 Å². The Bertz CT molecular complexity index is 593. The van der Waals surface area contributed by atoms with Crippen molar-refractivity contribution in [1.82, 2.24) is 0 Å². The zero-order valence-electron chi connectivity index (χ0n) is 9.75. The van der Waals surface area contributed by atoms with Gasteiger partial charge in [0.25, 0.3) is 0 Å². The summed E-state index contributed by atoms with van der Waals surface area (Å²) in [5.41, 5.74) is 3.49. The van der Waals surface area contributed by atoms with Gasteiger partial charge < -0.3 is 4.74 Å². The summed E-state index contributed by atoms with van der Waals surface area (Å²) in [4.78, 5) is 0. The van der Waals surface area contributed by atoms with Crippen LogP contribution in [-0.4, -0.2) is 6.61 Å². The second kappa shape index (κ2) is 4.50. The van der Waals surface area contributed by atoms with E-state index in [-0.39, 0.29) is 0 Å². The van der Waals surface area contributed by atoms with E-state index in [0.717, 1.165) is 29.2 Å². The molecule has 0 unspecified atom stereocenters. The molecule has 2 aromatic rings. The summed E-state index contributed by atoms with van der Waals surface area (Å²) in [5.74, 6) is -1.07. The predicted molar refractivity (Wildman–Crippen MR) is 65.2 cm³/mol. The summed E-state index contributed by atoms with van der Waals surface area (Å²) in [7, 11) is 0. The number of fused-ring (bicyclic) bond motifs is 1. The minimum absolute atomic E-state index is 0.454. The van der Waals surface area contributed by atoms with E-state index in [4.69, 9.17) is 4.74 Å².